The molecule has 0 fully saturated rings. The van der Waals surface area contributed by atoms with E-state index in [9.17, 15) is 19.7 Å². The van der Waals surface area contributed by atoms with E-state index in [4.69, 9.17) is 11.6 Å². The van der Waals surface area contributed by atoms with Gasteiger partial charge in [0.1, 0.15) is 5.82 Å². The second kappa shape index (κ2) is 11.1. The van der Waals surface area contributed by atoms with E-state index in [2.05, 4.69) is 25.8 Å². The van der Waals surface area contributed by atoms with Crippen molar-refractivity contribution in [2.24, 2.45) is 5.92 Å². The molecule has 1 atom stereocenters. The number of hydrogen-bond donors (Lipinski definition) is 3. The lowest BCUT2D eigenvalue weighted by atomic mass is 10.0. The molecule has 0 spiro atoms. The van der Waals surface area contributed by atoms with E-state index < -0.39 is 16.9 Å². The third kappa shape index (κ3) is 6.55. The number of non-ortho nitro benzene ring substituents is 1. The summed E-state index contributed by atoms with van der Waals surface area (Å²) in [5, 5.41) is 24.4. The maximum Gasteiger partial charge on any atom is 0.270 e. The van der Waals surface area contributed by atoms with Crippen LogP contribution in [0.2, 0.25) is 5.02 Å². The number of halogens is 1. The Hall–Kier alpha value is -3.44. The van der Waals surface area contributed by atoms with E-state index in [-0.39, 0.29) is 28.8 Å². The summed E-state index contributed by atoms with van der Waals surface area (Å²) < 4.78 is 0. The lowest BCUT2D eigenvalue weighted by molar-refractivity contribution is -0.384. The normalized spacial score (nSPS) is 11.8. The zero-order valence-corrected chi connectivity index (χ0v) is 20.2. The molecule has 178 valence electrons. The van der Waals surface area contributed by atoms with Crippen LogP contribution in [0.1, 0.15) is 41.6 Å². The van der Waals surface area contributed by atoms with Crippen molar-refractivity contribution in [3.05, 3.63) is 74.6 Å². The molecule has 0 unspecified atom stereocenters. The van der Waals surface area contributed by atoms with Gasteiger partial charge in [0.2, 0.25) is 11.1 Å². The molecule has 12 heteroatoms. The molecule has 2 aromatic carbocycles. The SMILES string of the molecule is Cc1ccc(NC(=O)CSc2n[nH]c([C@H](NC(=O)c3cccc([N+](=O)[O-])c3)C(C)C)n2)cc1Cl. The molecule has 0 radical (unpaired) electrons. The Balaban J connectivity index is 1.62. The fourth-order valence-electron chi connectivity index (χ4n) is 3.00. The number of aromatic amines is 1. The highest BCUT2D eigenvalue weighted by Gasteiger charge is 2.24. The fraction of sp³-hybridized carbons (Fsp3) is 0.273. The molecule has 3 aromatic rings. The first kappa shape index (κ1) is 25.2. The van der Waals surface area contributed by atoms with Crippen LogP contribution >= 0.6 is 23.4 Å². The van der Waals surface area contributed by atoms with Gasteiger partial charge in [0.25, 0.3) is 11.6 Å². The van der Waals surface area contributed by atoms with Gasteiger partial charge in [0.05, 0.1) is 16.7 Å². The Bertz CT molecular complexity index is 1220. The van der Waals surface area contributed by atoms with Crippen LogP contribution < -0.4 is 10.6 Å². The zero-order valence-electron chi connectivity index (χ0n) is 18.7. The van der Waals surface area contributed by atoms with Gasteiger partial charge in [-0.1, -0.05) is 49.3 Å². The summed E-state index contributed by atoms with van der Waals surface area (Å²) in [7, 11) is 0. The second-order valence-corrected chi connectivity index (χ2v) is 9.16. The summed E-state index contributed by atoms with van der Waals surface area (Å²) in [4.78, 5) is 39.8. The standard InChI is InChI=1S/C22H23ClN6O4S/c1-12(2)19(25-21(31)14-5-4-6-16(9-14)29(32)33)20-26-22(28-27-20)34-11-18(30)24-15-8-7-13(3)17(23)10-15/h4-10,12,19H,11H2,1-3H3,(H,24,30)(H,25,31)(H,26,27,28)/t19-/m1/s1. The zero-order chi connectivity index (χ0) is 24.8. The number of aromatic nitrogens is 3. The number of aryl methyl sites for hydroxylation is 1. The smallest absolute Gasteiger partial charge is 0.270 e. The van der Waals surface area contributed by atoms with Crippen molar-refractivity contribution in [3.8, 4) is 0 Å². The number of carbonyl (C=O) groups excluding carboxylic acids is 2. The first-order chi connectivity index (χ1) is 16.1. The molecule has 0 saturated carbocycles. The van der Waals surface area contributed by atoms with E-state index in [1.807, 2.05) is 26.8 Å². The van der Waals surface area contributed by atoms with Crippen LogP contribution in [-0.2, 0) is 4.79 Å². The molecule has 2 amide bonds. The van der Waals surface area contributed by atoms with Crippen LogP contribution in [0.5, 0.6) is 0 Å². The molecule has 10 nitrogen and oxygen atoms in total. The van der Waals surface area contributed by atoms with E-state index >= 15 is 0 Å². The Morgan fingerprint density at radius 1 is 1.24 bits per heavy atom. The van der Waals surface area contributed by atoms with Gasteiger partial charge in [0, 0.05) is 28.4 Å². The lowest BCUT2D eigenvalue weighted by Gasteiger charge is -2.19. The van der Waals surface area contributed by atoms with E-state index in [1.54, 1.807) is 12.1 Å². The predicted octanol–water partition coefficient (Wildman–Crippen LogP) is 4.53. The van der Waals surface area contributed by atoms with Crippen LogP contribution in [0.25, 0.3) is 0 Å². The fourth-order valence-corrected chi connectivity index (χ4v) is 3.78. The van der Waals surface area contributed by atoms with Gasteiger partial charge >= 0.3 is 0 Å². The van der Waals surface area contributed by atoms with Gasteiger partial charge in [-0.2, -0.15) is 0 Å². The highest BCUT2D eigenvalue weighted by Crippen LogP contribution is 2.23. The van der Waals surface area contributed by atoms with Crippen LogP contribution in [0, 0.1) is 23.0 Å². The average Bonchev–Trinajstić information content (AvgIpc) is 3.27. The van der Waals surface area contributed by atoms with Crippen molar-refractivity contribution in [2.45, 2.75) is 32.0 Å². The summed E-state index contributed by atoms with van der Waals surface area (Å²) in [6, 6.07) is 10.2. The number of nitrogens with one attached hydrogen (secondary N) is 3. The van der Waals surface area contributed by atoms with Crippen LogP contribution in [0.3, 0.4) is 0 Å². The molecule has 3 N–H and O–H groups in total. The first-order valence-corrected chi connectivity index (χ1v) is 11.7. The van der Waals surface area contributed by atoms with Gasteiger partial charge in [-0.25, -0.2) is 4.98 Å². The number of hydrogen-bond acceptors (Lipinski definition) is 7. The molecule has 0 aliphatic rings. The third-order valence-electron chi connectivity index (χ3n) is 4.84. The number of nitro benzene ring substituents is 1. The van der Waals surface area contributed by atoms with Crippen LogP contribution in [0.4, 0.5) is 11.4 Å². The highest BCUT2D eigenvalue weighted by molar-refractivity contribution is 7.99. The molecule has 0 aliphatic heterocycles. The lowest BCUT2D eigenvalue weighted by Crippen LogP contribution is -2.32. The Morgan fingerprint density at radius 2 is 2.00 bits per heavy atom. The summed E-state index contributed by atoms with van der Waals surface area (Å²) in [5.41, 5.74) is 1.51. The number of thioether (sulfide) groups is 1. The molecule has 0 bridgehead atoms. The average molecular weight is 503 g/mol. The molecule has 0 saturated heterocycles. The van der Waals surface area contributed by atoms with Crippen LogP contribution in [-0.4, -0.2) is 37.7 Å². The molecule has 1 heterocycles. The van der Waals surface area contributed by atoms with Gasteiger partial charge in [-0.05, 0) is 36.6 Å². The molecule has 3 rings (SSSR count). The minimum Gasteiger partial charge on any atom is -0.342 e. The monoisotopic (exact) mass is 502 g/mol. The van der Waals surface area contributed by atoms with Gasteiger partial charge in [-0.15, -0.1) is 5.10 Å². The van der Waals surface area contributed by atoms with Crippen molar-refractivity contribution in [3.63, 3.8) is 0 Å². The quantitative estimate of drug-likeness (QED) is 0.221. The number of benzene rings is 2. The topological polar surface area (TPSA) is 143 Å². The Kier molecular flexibility index (Phi) is 8.24. The molecule has 1 aromatic heterocycles. The van der Waals surface area contributed by atoms with Crippen molar-refractivity contribution < 1.29 is 14.5 Å². The number of H-pyrrole nitrogens is 1. The third-order valence-corrected chi connectivity index (χ3v) is 6.09. The van der Waals surface area contributed by atoms with E-state index in [0.717, 1.165) is 17.3 Å². The molecular formula is C22H23ClN6O4S. The largest absolute Gasteiger partial charge is 0.342 e. The van der Waals surface area contributed by atoms with Gasteiger partial charge < -0.3 is 10.6 Å². The highest BCUT2D eigenvalue weighted by atomic mass is 35.5. The number of anilines is 1. The van der Waals surface area contributed by atoms with Crippen molar-refractivity contribution in [2.75, 3.05) is 11.1 Å². The molecule has 34 heavy (non-hydrogen) atoms. The predicted molar refractivity (Wildman–Crippen MR) is 130 cm³/mol. The maximum absolute atomic E-state index is 12.7. The summed E-state index contributed by atoms with van der Waals surface area (Å²) in [6.07, 6.45) is 0. The summed E-state index contributed by atoms with van der Waals surface area (Å²) in [6.45, 7) is 5.67. The van der Waals surface area contributed by atoms with E-state index in [1.165, 1.54) is 24.3 Å². The molecular weight excluding hydrogens is 480 g/mol. The van der Waals surface area contributed by atoms with Crippen molar-refractivity contribution in [1.29, 1.82) is 0 Å². The van der Waals surface area contributed by atoms with Crippen molar-refractivity contribution >= 4 is 46.6 Å². The number of rotatable bonds is 9. The van der Waals surface area contributed by atoms with Gasteiger partial charge in [-0.3, -0.25) is 24.8 Å². The maximum atomic E-state index is 12.7. The minimum absolute atomic E-state index is 0.0527. The summed E-state index contributed by atoms with van der Waals surface area (Å²) >= 11 is 7.22. The van der Waals surface area contributed by atoms with E-state index in [0.29, 0.717) is 21.7 Å². The Morgan fingerprint density at radius 3 is 2.68 bits per heavy atom. The minimum atomic E-state index is -0.555. The van der Waals surface area contributed by atoms with Crippen LogP contribution in [0.15, 0.2) is 47.6 Å². The Labute approximate surface area is 205 Å². The summed E-state index contributed by atoms with van der Waals surface area (Å²) in [5.74, 6) is -0.264. The molecule has 0 aliphatic carbocycles. The first-order valence-electron chi connectivity index (χ1n) is 10.3. The van der Waals surface area contributed by atoms with Crippen molar-refractivity contribution in [1.82, 2.24) is 20.5 Å². The number of nitrogens with zero attached hydrogens (tertiary/aromatic N) is 3. The number of amides is 2. The number of carbonyl (C=O) groups is 2. The second-order valence-electron chi connectivity index (χ2n) is 7.81. The number of nitro groups is 1. The van der Waals surface area contributed by atoms with Gasteiger partial charge in [0.15, 0.2) is 0 Å².